The molecule has 0 aromatic heterocycles. The van der Waals surface area contributed by atoms with Crippen molar-refractivity contribution in [1.29, 1.82) is 0 Å². The smallest absolute Gasteiger partial charge is 0.174 e. The van der Waals surface area contributed by atoms with Gasteiger partial charge in [-0.3, -0.25) is 10.2 Å². The summed E-state index contributed by atoms with van der Waals surface area (Å²) in [7, 11) is 1.97. The predicted octanol–water partition coefficient (Wildman–Crippen LogP) is -0.0324. The van der Waals surface area contributed by atoms with Crippen LogP contribution >= 0.6 is 0 Å². The monoisotopic (exact) mass is 156 g/mol. The van der Waals surface area contributed by atoms with Gasteiger partial charge in [0.05, 0.1) is 0 Å². The number of hydrogen-bond acceptors (Lipinski definition) is 3. The maximum atomic E-state index is 9.98. The zero-order valence-electron chi connectivity index (χ0n) is 7.01. The molecule has 1 saturated carbocycles. The zero-order chi connectivity index (χ0) is 7.90. The summed E-state index contributed by atoms with van der Waals surface area (Å²) < 4.78 is 0. The molecule has 2 aliphatic rings. The van der Waals surface area contributed by atoms with E-state index in [0.29, 0.717) is 0 Å². The Bertz CT molecular complexity index is 158. The third-order valence-corrected chi connectivity index (χ3v) is 2.76. The Morgan fingerprint density at radius 2 is 2.36 bits per heavy atom. The molecule has 1 heterocycles. The Morgan fingerprint density at radius 3 is 2.82 bits per heavy atom. The molecule has 11 heavy (non-hydrogen) atoms. The molecule has 0 spiro atoms. The van der Waals surface area contributed by atoms with Gasteiger partial charge in [-0.15, -0.1) is 0 Å². The third-order valence-electron chi connectivity index (χ3n) is 2.76. The van der Waals surface area contributed by atoms with E-state index in [1.165, 1.54) is 12.8 Å². The number of likely N-dealkylation sites (N-methyl/N-ethyl adjacent to an activating group) is 1. The molecule has 64 valence electrons. The molecule has 2 rings (SSSR count). The first-order chi connectivity index (χ1) is 5.21. The highest BCUT2D eigenvalue weighted by Crippen LogP contribution is 2.37. The highest BCUT2D eigenvalue weighted by Gasteiger charge is 2.40. The standard InChI is InChI=1S/C8H16N2O/c1-10-5-4-9-8(10,11)6-7-2-3-7/h7,9,11H,2-6H2,1H3. The van der Waals surface area contributed by atoms with Crippen molar-refractivity contribution in [2.75, 3.05) is 20.1 Å². The van der Waals surface area contributed by atoms with Crippen LogP contribution < -0.4 is 5.32 Å². The minimum absolute atomic E-state index is 0.679. The van der Waals surface area contributed by atoms with Gasteiger partial charge >= 0.3 is 0 Å². The van der Waals surface area contributed by atoms with Gasteiger partial charge in [0.15, 0.2) is 5.85 Å². The molecule has 2 fully saturated rings. The third kappa shape index (κ3) is 1.41. The molecule has 2 N–H and O–H groups in total. The molecular weight excluding hydrogens is 140 g/mol. The van der Waals surface area contributed by atoms with Crippen LogP contribution in [0.4, 0.5) is 0 Å². The quantitative estimate of drug-likeness (QED) is 0.589. The van der Waals surface area contributed by atoms with Crippen LogP contribution in [0.5, 0.6) is 0 Å². The molecule has 0 amide bonds. The van der Waals surface area contributed by atoms with Crippen LogP contribution in [0.1, 0.15) is 19.3 Å². The maximum Gasteiger partial charge on any atom is 0.174 e. The van der Waals surface area contributed by atoms with Crippen LogP contribution in [0, 0.1) is 5.92 Å². The van der Waals surface area contributed by atoms with Crippen LogP contribution in [-0.2, 0) is 0 Å². The molecule has 0 aromatic carbocycles. The Hall–Kier alpha value is -0.120. The molecule has 1 aliphatic carbocycles. The average molecular weight is 156 g/mol. The summed E-state index contributed by atoms with van der Waals surface area (Å²) >= 11 is 0. The summed E-state index contributed by atoms with van der Waals surface area (Å²) in [5.41, 5.74) is 0. The summed E-state index contributed by atoms with van der Waals surface area (Å²) in [5.74, 6) is 0.0919. The van der Waals surface area contributed by atoms with Gasteiger partial charge in [0.25, 0.3) is 0 Å². The number of aliphatic hydroxyl groups is 1. The first-order valence-corrected chi connectivity index (χ1v) is 4.39. The molecular formula is C8H16N2O. The largest absolute Gasteiger partial charge is 0.363 e. The molecule has 3 heteroatoms. The Balaban J connectivity index is 1.94. The second-order valence-corrected chi connectivity index (χ2v) is 3.81. The number of rotatable bonds is 2. The molecule has 0 radical (unpaired) electrons. The van der Waals surface area contributed by atoms with Crippen LogP contribution in [-0.4, -0.2) is 36.0 Å². The fourth-order valence-corrected chi connectivity index (χ4v) is 1.70. The highest BCUT2D eigenvalue weighted by atomic mass is 16.3. The van der Waals surface area contributed by atoms with E-state index in [1.54, 1.807) is 0 Å². The van der Waals surface area contributed by atoms with Crippen molar-refractivity contribution in [2.45, 2.75) is 25.1 Å². The minimum Gasteiger partial charge on any atom is -0.363 e. The van der Waals surface area contributed by atoms with E-state index in [0.717, 1.165) is 25.4 Å². The lowest BCUT2D eigenvalue weighted by atomic mass is 10.2. The fourth-order valence-electron chi connectivity index (χ4n) is 1.70. The molecule has 1 atom stereocenters. The average Bonchev–Trinajstić information content (AvgIpc) is 2.66. The lowest BCUT2D eigenvalue weighted by Gasteiger charge is -2.30. The fraction of sp³-hybridized carbons (Fsp3) is 1.00. The predicted molar refractivity (Wildman–Crippen MR) is 42.9 cm³/mol. The molecule has 1 saturated heterocycles. The van der Waals surface area contributed by atoms with Crippen molar-refractivity contribution in [3.63, 3.8) is 0 Å². The van der Waals surface area contributed by atoms with Gasteiger partial charge in [0.1, 0.15) is 0 Å². The highest BCUT2D eigenvalue weighted by molar-refractivity contribution is 4.88. The van der Waals surface area contributed by atoms with Crippen molar-refractivity contribution < 1.29 is 5.11 Å². The molecule has 1 aliphatic heterocycles. The van der Waals surface area contributed by atoms with Gasteiger partial charge in [-0.25, -0.2) is 0 Å². The van der Waals surface area contributed by atoms with Gasteiger partial charge < -0.3 is 5.11 Å². The lowest BCUT2D eigenvalue weighted by Crippen LogP contribution is -2.50. The number of hydrogen-bond donors (Lipinski definition) is 2. The topological polar surface area (TPSA) is 35.5 Å². The summed E-state index contributed by atoms with van der Waals surface area (Å²) in [6.45, 7) is 1.88. The normalized spacial score (nSPS) is 39.8. The molecule has 1 unspecified atom stereocenters. The summed E-state index contributed by atoms with van der Waals surface area (Å²) in [5, 5.41) is 13.1. The van der Waals surface area contributed by atoms with Gasteiger partial charge in [-0.05, 0) is 25.8 Å². The summed E-state index contributed by atoms with van der Waals surface area (Å²) in [6.07, 6.45) is 3.51. The molecule has 0 aromatic rings. The van der Waals surface area contributed by atoms with Crippen molar-refractivity contribution >= 4 is 0 Å². The van der Waals surface area contributed by atoms with Crippen molar-refractivity contribution in [3.8, 4) is 0 Å². The summed E-state index contributed by atoms with van der Waals surface area (Å²) in [6, 6.07) is 0. The first-order valence-electron chi connectivity index (χ1n) is 4.39. The Kier molecular flexibility index (Phi) is 1.67. The van der Waals surface area contributed by atoms with E-state index in [2.05, 4.69) is 5.32 Å². The van der Waals surface area contributed by atoms with E-state index in [9.17, 15) is 5.11 Å². The van der Waals surface area contributed by atoms with Crippen LogP contribution in [0.25, 0.3) is 0 Å². The van der Waals surface area contributed by atoms with Gasteiger partial charge in [0, 0.05) is 19.5 Å². The van der Waals surface area contributed by atoms with E-state index < -0.39 is 5.85 Å². The van der Waals surface area contributed by atoms with Crippen molar-refractivity contribution in [3.05, 3.63) is 0 Å². The van der Waals surface area contributed by atoms with E-state index in [4.69, 9.17) is 0 Å². The second-order valence-electron chi connectivity index (χ2n) is 3.81. The first kappa shape index (κ1) is 7.53. The second kappa shape index (κ2) is 2.44. The minimum atomic E-state index is -0.679. The Labute approximate surface area is 67.4 Å². The maximum absolute atomic E-state index is 9.98. The van der Waals surface area contributed by atoms with Gasteiger partial charge in [-0.2, -0.15) is 0 Å². The van der Waals surface area contributed by atoms with E-state index >= 15 is 0 Å². The summed E-state index contributed by atoms with van der Waals surface area (Å²) in [4.78, 5) is 2.01. The SMILES string of the molecule is CN1CCNC1(O)CC1CC1. The van der Waals surface area contributed by atoms with Crippen LogP contribution in [0.3, 0.4) is 0 Å². The Morgan fingerprint density at radius 1 is 1.64 bits per heavy atom. The van der Waals surface area contributed by atoms with E-state index in [-0.39, 0.29) is 0 Å². The zero-order valence-corrected chi connectivity index (χ0v) is 7.01. The van der Waals surface area contributed by atoms with Crippen LogP contribution in [0.2, 0.25) is 0 Å². The van der Waals surface area contributed by atoms with Crippen molar-refractivity contribution in [1.82, 2.24) is 10.2 Å². The molecule has 0 bridgehead atoms. The lowest BCUT2D eigenvalue weighted by molar-refractivity contribution is -0.0954. The number of nitrogens with one attached hydrogen (secondary N) is 1. The number of nitrogens with zero attached hydrogens (tertiary/aromatic N) is 1. The van der Waals surface area contributed by atoms with Gasteiger partial charge in [-0.1, -0.05) is 0 Å². The van der Waals surface area contributed by atoms with Crippen LogP contribution in [0.15, 0.2) is 0 Å². The molecule has 3 nitrogen and oxygen atoms in total. The van der Waals surface area contributed by atoms with Gasteiger partial charge in [0.2, 0.25) is 0 Å². The van der Waals surface area contributed by atoms with Crippen molar-refractivity contribution in [2.24, 2.45) is 5.92 Å². The van der Waals surface area contributed by atoms with E-state index in [1.807, 2.05) is 11.9 Å².